The number of halogens is 2. The molecule has 2 rings (SSSR count). The van der Waals surface area contributed by atoms with Crippen LogP contribution in [-0.2, 0) is 9.31 Å². The van der Waals surface area contributed by atoms with Crippen LogP contribution in [0.3, 0.4) is 0 Å². The van der Waals surface area contributed by atoms with Crippen LogP contribution in [0, 0.1) is 0 Å². The topological polar surface area (TPSA) is 18.5 Å². The highest BCUT2D eigenvalue weighted by Crippen LogP contribution is 2.40. The van der Waals surface area contributed by atoms with Crippen LogP contribution in [-0.4, -0.2) is 24.2 Å². The molecular formula is C14H23BF2O2. The zero-order chi connectivity index (χ0) is 14.3. The van der Waals surface area contributed by atoms with Gasteiger partial charge in [0.2, 0.25) is 5.92 Å². The average Bonchev–Trinajstić information content (AvgIpc) is 2.42. The second kappa shape index (κ2) is 4.85. The molecular weight excluding hydrogens is 249 g/mol. The summed E-state index contributed by atoms with van der Waals surface area (Å²) in [7, 11) is -0.378. The van der Waals surface area contributed by atoms with E-state index >= 15 is 0 Å². The lowest BCUT2D eigenvalue weighted by Gasteiger charge is -2.32. The first-order valence-electron chi connectivity index (χ1n) is 7.05. The van der Waals surface area contributed by atoms with Gasteiger partial charge in [-0.25, -0.2) is 8.78 Å². The Balaban J connectivity index is 2.07. The highest BCUT2D eigenvalue weighted by Gasteiger charge is 2.52. The lowest BCUT2D eigenvalue weighted by Crippen LogP contribution is -2.41. The minimum Gasteiger partial charge on any atom is -0.400 e. The molecule has 19 heavy (non-hydrogen) atoms. The maximum atomic E-state index is 13.3. The van der Waals surface area contributed by atoms with E-state index in [1.807, 2.05) is 33.8 Å². The third-order valence-electron chi connectivity index (χ3n) is 4.48. The molecule has 1 heterocycles. The van der Waals surface area contributed by atoms with Gasteiger partial charge in [0, 0.05) is 12.8 Å². The highest BCUT2D eigenvalue weighted by molar-refractivity contribution is 6.54. The molecule has 1 fully saturated rings. The molecule has 0 radical (unpaired) electrons. The molecule has 108 valence electrons. The van der Waals surface area contributed by atoms with Crippen molar-refractivity contribution >= 4 is 7.12 Å². The standard InChI is InChI=1S/C14H23BF2O2/c1-12(2)13(3,4)19-15(18-12)11-7-5-9-14(16,17)10-6-8-11/h7H,5-6,8-10H2,1-4H3/b11-7+. The van der Waals surface area contributed by atoms with Crippen molar-refractivity contribution in [3.05, 3.63) is 11.5 Å². The zero-order valence-electron chi connectivity index (χ0n) is 12.3. The monoisotopic (exact) mass is 272 g/mol. The summed E-state index contributed by atoms with van der Waals surface area (Å²) in [5.41, 5.74) is 0.282. The van der Waals surface area contributed by atoms with Crippen molar-refractivity contribution in [1.29, 1.82) is 0 Å². The van der Waals surface area contributed by atoms with Crippen molar-refractivity contribution in [2.24, 2.45) is 0 Å². The van der Waals surface area contributed by atoms with Crippen molar-refractivity contribution in [3.63, 3.8) is 0 Å². The summed E-state index contributed by atoms with van der Waals surface area (Å²) in [6, 6.07) is 0. The summed E-state index contributed by atoms with van der Waals surface area (Å²) >= 11 is 0. The summed E-state index contributed by atoms with van der Waals surface area (Å²) in [5.74, 6) is -2.52. The molecule has 1 aliphatic heterocycles. The van der Waals surface area contributed by atoms with E-state index in [4.69, 9.17) is 9.31 Å². The van der Waals surface area contributed by atoms with E-state index in [0.717, 1.165) is 5.47 Å². The number of rotatable bonds is 1. The lowest BCUT2D eigenvalue weighted by molar-refractivity contribution is -0.0178. The number of allylic oxidation sites excluding steroid dienone is 2. The maximum Gasteiger partial charge on any atom is 0.490 e. The Hall–Kier alpha value is -0.415. The first kappa shape index (κ1) is 15.0. The third kappa shape index (κ3) is 3.19. The molecule has 5 heteroatoms. The molecule has 0 spiro atoms. The highest BCUT2D eigenvalue weighted by atomic mass is 19.3. The summed E-state index contributed by atoms with van der Waals surface area (Å²) in [6.45, 7) is 8.02. The molecule has 0 amide bonds. The van der Waals surface area contributed by atoms with Crippen LogP contribution in [0.25, 0.3) is 0 Å². The second-order valence-electron chi connectivity index (χ2n) is 6.62. The van der Waals surface area contributed by atoms with Gasteiger partial charge in [0.1, 0.15) is 0 Å². The summed E-state index contributed by atoms with van der Waals surface area (Å²) in [4.78, 5) is 0. The van der Waals surface area contributed by atoms with Crippen LogP contribution >= 0.6 is 0 Å². The van der Waals surface area contributed by atoms with E-state index in [1.165, 1.54) is 0 Å². The molecule has 0 aromatic heterocycles. The first-order chi connectivity index (χ1) is 8.63. The Morgan fingerprint density at radius 3 is 2.21 bits per heavy atom. The van der Waals surface area contributed by atoms with Gasteiger partial charge in [0.25, 0.3) is 0 Å². The van der Waals surface area contributed by atoms with Crippen molar-refractivity contribution < 1.29 is 18.1 Å². The van der Waals surface area contributed by atoms with Crippen molar-refractivity contribution in [3.8, 4) is 0 Å². The summed E-state index contributed by atoms with van der Waals surface area (Å²) in [6.07, 6.45) is 3.29. The Morgan fingerprint density at radius 1 is 1.05 bits per heavy atom. The van der Waals surface area contributed by atoms with Gasteiger partial charge in [-0.2, -0.15) is 0 Å². The van der Waals surface area contributed by atoms with Gasteiger partial charge in [-0.15, -0.1) is 0 Å². The minimum absolute atomic E-state index is 0.0379. The molecule has 0 saturated carbocycles. The van der Waals surface area contributed by atoms with Gasteiger partial charge in [-0.3, -0.25) is 0 Å². The first-order valence-corrected chi connectivity index (χ1v) is 7.05. The average molecular weight is 272 g/mol. The fraction of sp³-hybridized carbons (Fsp3) is 0.857. The van der Waals surface area contributed by atoms with Gasteiger partial charge in [-0.1, -0.05) is 6.08 Å². The fourth-order valence-electron chi connectivity index (χ4n) is 2.46. The van der Waals surface area contributed by atoms with E-state index in [2.05, 4.69) is 0 Å². The van der Waals surface area contributed by atoms with Gasteiger partial charge in [0.05, 0.1) is 11.2 Å². The Kier molecular flexibility index (Phi) is 3.82. The quantitative estimate of drug-likeness (QED) is 0.668. The van der Waals surface area contributed by atoms with E-state index in [9.17, 15) is 8.78 Å². The normalized spacial score (nSPS) is 32.3. The predicted octanol–water partition coefficient (Wildman–Crippen LogP) is 4.14. The zero-order valence-corrected chi connectivity index (χ0v) is 12.3. The lowest BCUT2D eigenvalue weighted by atomic mass is 9.73. The van der Waals surface area contributed by atoms with Crippen LogP contribution in [0.4, 0.5) is 8.78 Å². The van der Waals surface area contributed by atoms with Crippen LogP contribution < -0.4 is 0 Å². The molecule has 0 aromatic rings. The van der Waals surface area contributed by atoms with Crippen LogP contribution in [0.5, 0.6) is 0 Å². The molecule has 0 bridgehead atoms. The van der Waals surface area contributed by atoms with Crippen LogP contribution in [0.1, 0.15) is 59.8 Å². The molecule has 2 aliphatic rings. The van der Waals surface area contributed by atoms with Crippen LogP contribution in [0.2, 0.25) is 0 Å². The number of hydrogen-bond acceptors (Lipinski definition) is 2. The predicted molar refractivity (Wildman–Crippen MR) is 72.2 cm³/mol. The van der Waals surface area contributed by atoms with E-state index in [1.54, 1.807) is 0 Å². The molecule has 0 unspecified atom stereocenters. The third-order valence-corrected chi connectivity index (χ3v) is 4.48. The second-order valence-corrected chi connectivity index (χ2v) is 6.62. The van der Waals surface area contributed by atoms with E-state index in [0.29, 0.717) is 19.3 Å². The van der Waals surface area contributed by atoms with Gasteiger partial charge in [-0.05, 0) is 52.4 Å². The van der Waals surface area contributed by atoms with Crippen LogP contribution in [0.15, 0.2) is 11.5 Å². The molecule has 0 aromatic carbocycles. The molecule has 2 nitrogen and oxygen atoms in total. The van der Waals surface area contributed by atoms with Gasteiger partial charge >= 0.3 is 7.12 Å². The Morgan fingerprint density at radius 2 is 1.63 bits per heavy atom. The molecule has 0 atom stereocenters. The summed E-state index contributed by atoms with van der Waals surface area (Å²) in [5, 5.41) is 0. The van der Waals surface area contributed by atoms with Gasteiger partial charge in [0.15, 0.2) is 0 Å². The Bertz CT molecular complexity index is 362. The smallest absolute Gasteiger partial charge is 0.400 e. The summed E-state index contributed by atoms with van der Waals surface area (Å²) < 4.78 is 38.6. The minimum atomic E-state index is -2.52. The fourth-order valence-corrected chi connectivity index (χ4v) is 2.46. The van der Waals surface area contributed by atoms with Crippen molar-refractivity contribution in [1.82, 2.24) is 0 Å². The number of alkyl halides is 2. The largest absolute Gasteiger partial charge is 0.490 e. The molecule has 0 N–H and O–H groups in total. The molecule has 1 saturated heterocycles. The van der Waals surface area contributed by atoms with Crippen molar-refractivity contribution in [2.45, 2.75) is 76.9 Å². The van der Waals surface area contributed by atoms with E-state index < -0.39 is 5.92 Å². The SMILES string of the molecule is CC1(C)OB(/C2=C/CCC(F)(F)CCC2)OC1(C)C. The van der Waals surface area contributed by atoms with Crippen molar-refractivity contribution in [2.75, 3.05) is 0 Å². The number of hydrogen-bond donors (Lipinski definition) is 0. The van der Waals surface area contributed by atoms with Gasteiger partial charge < -0.3 is 9.31 Å². The van der Waals surface area contributed by atoms with E-state index in [-0.39, 0.29) is 31.2 Å². The maximum absolute atomic E-state index is 13.3. The molecule has 1 aliphatic carbocycles. The Labute approximate surface area is 114 Å².